The molecule has 0 saturated heterocycles. The maximum atomic E-state index is 13.4. The molecule has 3 aromatic carbocycles. The van der Waals surface area contributed by atoms with Crippen LogP contribution in [0.15, 0.2) is 66.7 Å². The molecule has 9 heteroatoms. The lowest BCUT2D eigenvalue weighted by atomic mass is 10.0. The highest BCUT2D eigenvalue weighted by Crippen LogP contribution is 2.43. The molecule has 1 heterocycles. The fourth-order valence-electron chi connectivity index (χ4n) is 3.99. The van der Waals surface area contributed by atoms with Crippen LogP contribution in [-0.4, -0.2) is 35.0 Å². The number of benzene rings is 3. The first kappa shape index (κ1) is 21.9. The summed E-state index contributed by atoms with van der Waals surface area (Å²) in [4.78, 5) is 38.2. The van der Waals surface area contributed by atoms with E-state index in [1.54, 1.807) is 61.7 Å². The lowest BCUT2D eigenvalue weighted by Crippen LogP contribution is -2.44. The highest BCUT2D eigenvalue weighted by Gasteiger charge is 2.35. The molecule has 0 saturated carbocycles. The summed E-state index contributed by atoms with van der Waals surface area (Å²) in [5.74, 6) is -0.0144. The Morgan fingerprint density at radius 1 is 0.914 bits per heavy atom. The number of methoxy groups -OCH3 is 1. The second kappa shape index (κ2) is 8.79. The van der Waals surface area contributed by atoms with Gasteiger partial charge in [0.05, 0.1) is 29.6 Å². The van der Waals surface area contributed by atoms with Crippen molar-refractivity contribution in [1.29, 1.82) is 0 Å². The van der Waals surface area contributed by atoms with Crippen molar-refractivity contribution in [1.82, 2.24) is 21.0 Å². The van der Waals surface area contributed by atoms with Crippen molar-refractivity contribution in [2.75, 3.05) is 12.4 Å². The average Bonchev–Trinajstić information content (AvgIpc) is 3.43. The normalized spacial score (nSPS) is 11.4. The number of nitrogens with one attached hydrogen (secondary N) is 4. The second-order valence-electron chi connectivity index (χ2n) is 8.01. The Kier molecular flexibility index (Phi) is 5.50. The number of anilines is 1. The lowest BCUT2D eigenvalue weighted by Gasteiger charge is -2.12. The number of urea groups is 1. The molecular weight excluding hydrogens is 446 g/mol. The standard InChI is InChI=1S/C26H21N5O4/c1-14-6-8-16(9-7-14)25(33)30-31-26(34)27-19-5-3-4-18-20(19)24(32)21-22(28-29-23(18)21)15-10-12-17(35-2)13-11-15/h3-13H,1-2H3,(H,28,29)(H,30,33)(H2,27,31,34). The van der Waals surface area contributed by atoms with Crippen LogP contribution in [0.25, 0.3) is 22.5 Å². The van der Waals surface area contributed by atoms with Crippen molar-refractivity contribution in [3.05, 3.63) is 89.0 Å². The van der Waals surface area contributed by atoms with Crippen molar-refractivity contribution >= 4 is 23.4 Å². The Hall–Kier alpha value is -4.92. The number of aromatic amines is 1. The number of fused-ring (bicyclic) bond motifs is 3. The first-order valence-corrected chi connectivity index (χ1v) is 10.8. The van der Waals surface area contributed by atoms with Crippen molar-refractivity contribution in [2.24, 2.45) is 0 Å². The largest absolute Gasteiger partial charge is 0.497 e. The minimum absolute atomic E-state index is 0.255. The van der Waals surface area contributed by atoms with E-state index in [-0.39, 0.29) is 5.78 Å². The van der Waals surface area contributed by atoms with Gasteiger partial charge in [-0.15, -0.1) is 0 Å². The Morgan fingerprint density at radius 3 is 2.37 bits per heavy atom. The quantitative estimate of drug-likeness (QED) is 0.297. The average molecular weight is 467 g/mol. The highest BCUT2D eigenvalue weighted by molar-refractivity contribution is 6.27. The molecule has 0 spiro atoms. The molecule has 0 fully saturated rings. The van der Waals surface area contributed by atoms with Crippen LogP contribution in [0.4, 0.5) is 10.5 Å². The molecule has 0 radical (unpaired) electrons. The molecular formula is C26H21N5O4. The van der Waals surface area contributed by atoms with E-state index in [4.69, 9.17) is 4.74 Å². The second-order valence-corrected chi connectivity index (χ2v) is 8.01. The van der Waals surface area contributed by atoms with E-state index in [0.717, 1.165) is 11.1 Å². The molecule has 9 nitrogen and oxygen atoms in total. The van der Waals surface area contributed by atoms with Crippen molar-refractivity contribution < 1.29 is 19.1 Å². The topological polar surface area (TPSA) is 125 Å². The Labute approximate surface area is 200 Å². The van der Waals surface area contributed by atoms with E-state index < -0.39 is 11.9 Å². The maximum absolute atomic E-state index is 13.4. The van der Waals surface area contributed by atoms with Crippen LogP contribution in [0.5, 0.6) is 5.75 Å². The first-order valence-electron chi connectivity index (χ1n) is 10.8. The number of ether oxygens (including phenoxy) is 1. The van der Waals surface area contributed by atoms with Crippen LogP contribution in [0, 0.1) is 6.92 Å². The van der Waals surface area contributed by atoms with Gasteiger partial charge in [-0.25, -0.2) is 10.2 Å². The van der Waals surface area contributed by atoms with Gasteiger partial charge in [-0.1, -0.05) is 29.8 Å². The number of hydrazine groups is 1. The van der Waals surface area contributed by atoms with Crippen LogP contribution in [0.1, 0.15) is 31.8 Å². The highest BCUT2D eigenvalue weighted by atomic mass is 16.5. The van der Waals surface area contributed by atoms with Gasteiger partial charge in [0.25, 0.3) is 5.91 Å². The van der Waals surface area contributed by atoms with E-state index in [0.29, 0.717) is 45.1 Å². The van der Waals surface area contributed by atoms with Gasteiger partial charge >= 0.3 is 6.03 Å². The van der Waals surface area contributed by atoms with Gasteiger partial charge in [0, 0.05) is 16.7 Å². The third kappa shape index (κ3) is 3.99. The summed E-state index contributed by atoms with van der Waals surface area (Å²) in [5, 5.41) is 9.97. The Morgan fingerprint density at radius 2 is 1.66 bits per heavy atom. The molecule has 3 amide bonds. The zero-order valence-electron chi connectivity index (χ0n) is 18.9. The van der Waals surface area contributed by atoms with Crippen molar-refractivity contribution in [3.8, 4) is 28.3 Å². The fourth-order valence-corrected chi connectivity index (χ4v) is 3.99. The molecule has 174 valence electrons. The van der Waals surface area contributed by atoms with E-state index in [1.807, 2.05) is 19.1 Å². The minimum atomic E-state index is -0.687. The van der Waals surface area contributed by atoms with Gasteiger partial charge in [0.15, 0.2) is 5.78 Å². The van der Waals surface area contributed by atoms with Crippen LogP contribution in [0.2, 0.25) is 0 Å². The number of hydrogen-bond acceptors (Lipinski definition) is 5. The smallest absolute Gasteiger partial charge is 0.337 e. The first-order chi connectivity index (χ1) is 17.0. The Bertz CT molecular complexity index is 1460. The van der Waals surface area contributed by atoms with Crippen LogP contribution < -0.4 is 20.9 Å². The maximum Gasteiger partial charge on any atom is 0.337 e. The third-order valence-corrected chi connectivity index (χ3v) is 5.77. The summed E-state index contributed by atoms with van der Waals surface area (Å²) < 4.78 is 5.20. The predicted octanol–water partition coefficient (Wildman–Crippen LogP) is 4.07. The number of ketones is 1. The van der Waals surface area contributed by atoms with Gasteiger partial charge in [0.2, 0.25) is 0 Å². The lowest BCUT2D eigenvalue weighted by molar-refractivity contribution is 0.0937. The third-order valence-electron chi connectivity index (χ3n) is 5.77. The number of H-pyrrole nitrogens is 1. The molecule has 1 aromatic heterocycles. The van der Waals surface area contributed by atoms with Gasteiger partial charge < -0.3 is 10.1 Å². The number of rotatable bonds is 4. The number of aromatic nitrogens is 2. The summed E-state index contributed by atoms with van der Waals surface area (Å²) >= 11 is 0. The molecule has 0 bridgehead atoms. The summed E-state index contributed by atoms with van der Waals surface area (Å²) in [5.41, 5.74) is 9.70. The number of amides is 3. The zero-order valence-corrected chi connectivity index (χ0v) is 18.9. The molecule has 0 atom stereocenters. The van der Waals surface area contributed by atoms with E-state index >= 15 is 0 Å². The van der Waals surface area contributed by atoms with E-state index in [9.17, 15) is 14.4 Å². The molecule has 4 N–H and O–H groups in total. The minimum Gasteiger partial charge on any atom is -0.497 e. The van der Waals surface area contributed by atoms with Gasteiger partial charge in [-0.3, -0.25) is 20.1 Å². The summed E-state index contributed by atoms with van der Waals surface area (Å²) in [6.45, 7) is 1.92. The fraction of sp³-hybridized carbons (Fsp3) is 0.0769. The van der Waals surface area contributed by atoms with Crippen molar-refractivity contribution in [2.45, 2.75) is 6.92 Å². The molecule has 4 aromatic rings. The number of carbonyl (C=O) groups is 3. The molecule has 35 heavy (non-hydrogen) atoms. The summed E-state index contributed by atoms with van der Waals surface area (Å²) in [6, 6.07) is 18.7. The summed E-state index contributed by atoms with van der Waals surface area (Å²) in [7, 11) is 1.59. The van der Waals surface area contributed by atoms with Gasteiger partial charge in [-0.05, 0) is 49.4 Å². The monoisotopic (exact) mass is 467 g/mol. The number of nitrogens with zero attached hydrogens (tertiary/aromatic N) is 1. The van der Waals surface area contributed by atoms with Crippen LogP contribution in [-0.2, 0) is 0 Å². The molecule has 1 aliphatic rings. The van der Waals surface area contributed by atoms with Gasteiger partial charge in [0.1, 0.15) is 11.4 Å². The van der Waals surface area contributed by atoms with Crippen LogP contribution >= 0.6 is 0 Å². The SMILES string of the molecule is COc1ccc(-c2[nH]nc3c2C(=O)c2c(NC(=O)NNC(=O)c4ccc(C)cc4)cccc2-3)cc1. The Balaban J connectivity index is 1.34. The number of hydrogen-bond donors (Lipinski definition) is 4. The van der Waals surface area contributed by atoms with E-state index in [1.165, 1.54) is 0 Å². The van der Waals surface area contributed by atoms with Gasteiger partial charge in [-0.2, -0.15) is 5.10 Å². The van der Waals surface area contributed by atoms with E-state index in [2.05, 4.69) is 26.4 Å². The number of aryl methyl sites for hydroxylation is 1. The molecule has 5 rings (SSSR count). The van der Waals surface area contributed by atoms with Crippen LogP contribution in [0.3, 0.4) is 0 Å². The molecule has 0 aliphatic heterocycles. The molecule has 0 unspecified atom stereocenters. The summed E-state index contributed by atoms with van der Waals surface area (Å²) in [6.07, 6.45) is 0. The molecule has 1 aliphatic carbocycles. The number of carbonyl (C=O) groups excluding carboxylic acids is 3. The predicted molar refractivity (Wildman–Crippen MR) is 130 cm³/mol. The van der Waals surface area contributed by atoms with Crippen molar-refractivity contribution in [3.63, 3.8) is 0 Å². The zero-order chi connectivity index (χ0) is 24.5.